The Kier molecular flexibility index (Phi) is 3.57. The van der Waals surface area contributed by atoms with Gasteiger partial charge in [-0.25, -0.2) is 8.42 Å². The smallest absolute Gasteiger partial charge is 0.155 e. The van der Waals surface area contributed by atoms with E-state index in [1.165, 1.54) is 0 Å². The third-order valence-corrected chi connectivity index (χ3v) is 5.12. The third-order valence-electron chi connectivity index (χ3n) is 2.51. The van der Waals surface area contributed by atoms with Crippen LogP contribution in [-0.4, -0.2) is 23.9 Å². The summed E-state index contributed by atoms with van der Waals surface area (Å²) in [6.07, 6.45) is 3.63. The molecule has 0 saturated heterocycles. The average molecular weight is 242 g/mol. The van der Waals surface area contributed by atoms with Gasteiger partial charge in [-0.05, 0) is 38.8 Å². The number of rotatable bonds is 3. The van der Waals surface area contributed by atoms with Gasteiger partial charge in [0.2, 0.25) is 0 Å². The average Bonchev–Trinajstić information content (AvgIpc) is 2.15. The lowest BCUT2D eigenvalue weighted by Gasteiger charge is -2.19. The molecule has 0 radical (unpaired) electrons. The second-order valence-corrected chi connectivity index (χ2v) is 7.62. The quantitative estimate of drug-likeness (QED) is 0.870. The molecule has 0 aliphatic carbocycles. The van der Waals surface area contributed by atoms with E-state index in [0.29, 0.717) is 12.1 Å². The molecule has 0 aliphatic heterocycles. The summed E-state index contributed by atoms with van der Waals surface area (Å²) >= 11 is 0. The Balaban J connectivity index is 2.77. The van der Waals surface area contributed by atoms with E-state index in [2.05, 4.69) is 4.98 Å². The summed E-state index contributed by atoms with van der Waals surface area (Å²) in [6, 6.07) is 1.68. The number of nitrogens with zero attached hydrogens (tertiary/aromatic N) is 1. The predicted octanol–water partition coefficient (Wildman–Crippen LogP) is 1.42. The highest BCUT2D eigenvalue weighted by Crippen LogP contribution is 2.18. The van der Waals surface area contributed by atoms with Gasteiger partial charge in [0.05, 0.1) is 10.5 Å². The van der Waals surface area contributed by atoms with E-state index in [4.69, 9.17) is 5.73 Å². The molecule has 90 valence electrons. The van der Waals surface area contributed by atoms with Crippen molar-refractivity contribution in [1.29, 1.82) is 0 Å². The Morgan fingerprint density at radius 2 is 2.00 bits per heavy atom. The Hall–Kier alpha value is -1.10. The summed E-state index contributed by atoms with van der Waals surface area (Å²) in [5.74, 6) is 0.104. The van der Waals surface area contributed by atoms with Crippen LogP contribution >= 0.6 is 0 Å². The van der Waals surface area contributed by atoms with Crippen molar-refractivity contribution >= 4 is 15.5 Å². The first kappa shape index (κ1) is 13.0. The van der Waals surface area contributed by atoms with Crippen molar-refractivity contribution in [3.63, 3.8) is 0 Å². The molecule has 0 atom stereocenters. The SMILES string of the molecule is CC(C)(C)S(=O)(=O)CCc1cnccc1N. The van der Waals surface area contributed by atoms with E-state index in [1.54, 1.807) is 39.2 Å². The summed E-state index contributed by atoms with van der Waals surface area (Å²) in [5, 5.41) is 0. The van der Waals surface area contributed by atoms with Gasteiger partial charge in [-0.3, -0.25) is 4.98 Å². The van der Waals surface area contributed by atoms with Crippen molar-refractivity contribution in [2.24, 2.45) is 0 Å². The minimum atomic E-state index is -3.10. The van der Waals surface area contributed by atoms with Crippen LogP contribution in [0.4, 0.5) is 5.69 Å². The lowest BCUT2D eigenvalue weighted by molar-refractivity contribution is 0.559. The van der Waals surface area contributed by atoms with Crippen LogP contribution in [0, 0.1) is 0 Å². The lowest BCUT2D eigenvalue weighted by Crippen LogP contribution is -2.31. The van der Waals surface area contributed by atoms with Crippen LogP contribution in [0.2, 0.25) is 0 Å². The predicted molar refractivity (Wildman–Crippen MR) is 65.9 cm³/mol. The summed E-state index contributed by atoms with van der Waals surface area (Å²) < 4.78 is 23.0. The van der Waals surface area contributed by atoms with Crippen LogP contribution in [0.25, 0.3) is 0 Å². The normalized spacial score (nSPS) is 12.7. The molecular weight excluding hydrogens is 224 g/mol. The van der Waals surface area contributed by atoms with Crippen molar-refractivity contribution in [1.82, 2.24) is 4.98 Å². The Bertz CT molecular complexity index is 461. The van der Waals surface area contributed by atoms with Gasteiger partial charge in [0.25, 0.3) is 0 Å². The largest absolute Gasteiger partial charge is 0.398 e. The molecule has 0 fully saturated rings. The number of hydrogen-bond donors (Lipinski definition) is 1. The van der Waals surface area contributed by atoms with Crippen molar-refractivity contribution in [3.8, 4) is 0 Å². The Morgan fingerprint density at radius 1 is 1.38 bits per heavy atom. The summed E-state index contributed by atoms with van der Waals surface area (Å²) in [7, 11) is -3.10. The molecular formula is C11H18N2O2S. The molecule has 0 saturated carbocycles. The minimum absolute atomic E-state index is 0.104. The van der Waals surface area contributed by atoms with Crippen LogP contribution < -0.4 is 5.73 Å². The number of anilines is 1. The molecule has 0 amide bonds. The second kappa shape index (κ2) is 4.41. The van der Waals surface area contributed by atoms with Gasteiger partial charge in [-0.2, -0.15) is 0 Å². The van der Waals surface area contributed by atoms with Crippen molar-refractivity contribution < 1.29 is 8.42 Å². The lowest BCUT2D eigenvalue weighted by atomic mass is 10.2. The topological polar surface area (TPSA) is 73.0 Å². The summed E-state index contributed by atoms with van der Waals surface area (Å²) in [4.78, 5) is 3.93. The van der Waals surface area contributed by atoms with Crippen LogP contribution in [0.1, 0.15) is 26.3 Å². The Morgan fingerprint density at radius 3 is 2.50 bits per heavy atom. The van der Waals surface area contributed by atoms with Crippen molar-refractivity contribution in [3.05, 3.63) is 24.0 Å². The van der Waals surface area contributed by atoms with E-state index in [-0.39, 0.29) is 5.75 Å². The number of nitrogens with two attached hydrogens (primary N) is 1. The maximum atomic E-state index is 11.9. The molecule has 2 N–H and O–H groups in total. The van der Waals surface area contributed by atoms with E-state index in [0.717, 1.165) is 5.56 Å². The monoisotopic (exact) mass is 242 g/mol. The van der Waals surface area contributed by atoms with Gasteiger partial charge in [0.1, 0.15) is 0 Å². The number of hydrogen-bond acceptors (Lipinski definition) is 4. The van der Waals surface area contributed by atoms with E-state index < -0.39 is 14.6 Å². The highest BCUT2D eigenvalue weighted by Gasteiger charge is 2.28. The van der Waals surface area contributed by atoms with Crippen LogP contribution in [0.5, 0.6) is 0 Å². The van der Waals surface area contributed by atoms with Gasteiger partial charge >= 0.3 is 0 Å². The fourth-order valence-electron chi connectivity index (χ4n) is 1.20. The first-order valence-electron chi connectivity index (χ1n) is 5.15. The number of aromatic nitrogens is 1. The molecule has 1 rings (SSSR count). The number of nitrogen functional groups attached to an aromatic ring is 1. The maximum absolute atomic E-state index is 11.9. The fraction of sp³-hybridized carbons (Fsp3) is 0.545. The molecule has 0 spiro atoms. The summed E-state index contributed by atoms with van der Waals surface area (Å²) in [6.45, 7) is 5.11. The molecule has 0 bridgehead atoms. The molecule has 1 aromatic rings. The second-order valence-electron chi connectivity index (χ2n) is 4.76. The van der Waals surface area contributed by atoms with Crippen molar-refractivity contribution in [2.45, 2.75) is 31.9 Å². The molecule has 1 heterocycles. The number of sulfone groups is 1. The van der Waals surface area contributed by atoms with Gasteiger partial charge in [-0.15, -0.1) is 0 Å². The summed E-state index contributed by atoms with van der Waals surface area (Å²) in [5.41, 5.74) is 7.11. The zero-order chi connectivity index (χ0) is 12.4. The van der Waals surface area contributed by atoms with Crippen LogP contribution in [-0.2, 0) is 16.3 Å². The van der Waals surface area contributed by atoms with Crippen LogP contribution in [0.15, 0.2) is 18.5 Å². The minimum Gasteiger partial charge on any atom is -0.398 e. The zero-order valence-electron chi connectivity index (χ0n) is 9.90. The highest BCUT2D eigenvalue weighted by atomic mass is 32.2. The number of aryl methyl sites for hydroxylation is 1. The zero-order valence-corrected chi connectivity index (χ0v) is 10.7. The first-order chi connectivity index (χ1) is 7.24. The first-order valence-corrected chi connectivity index (χ1v) is 6.80. The highest BCUT2D eigenvalue weighted by molar-refractivity contribution is 7.92. The molecule has 0 aromatic carbocycles. The molecule has 0 unspecified atom stereocenters. The van der Waals surface area contributed by atoms with Gasteiger partial charge in [-0.1, -0.05) is 0 Å². The molecule has 4 nitrogen and oxygen atoms in total. The van der Waals surface area contributed by atoms with Gasteiger partial charge < -0.3 is 5.73 Å². The maximum Gasteiger partial charge on any atom is 0.155 e. The van der Waals surface area contributed by atoms with Crippen LogP contribution in [0.3, 0.4) is 0 Å². The molecule has 5 heteroatoms. The van der Waals surface area contributed by atoms with Gasteiger partial charge in [0.15, 0.2) is 9.84 Å². The molecule has 0 aliphatic rings. The van der Waals surface area contributed by atoms with Crippen molar-refractivity contribution in [2.75, 3.05) is 11.5 Å². The molecule has 1 aromatic heterocycles. The number of pyridine rings is 1. The Labute approximate surface area is 96.8 Å². The van der Waals surface area contributed by atoms with Gasteiger partial charge in [0, 0.05) is 18.1 Å². The molecule has 16 heavy (non-hydrogen) atoms. The van der Waals surface area contributed by atoms with E-state index in [1.807, 2.05) is 0 Å². The van der Waals surface area contributed by atoms with E-state index in [9.17, 15) is 8.42 Å². The third kappa shape index (κ3) is 2.95. The fourth-order valence-corrected chi connectivity index (χ4v) is 2.30. The van der Waals surface area contributed by atoms with E-state index >= 15 is 0 Å². The standard InChI is InChI=1S/C11H18N2O2S/c1-11(2,3)16(14,15)7-5-9-8-13-6-4-10(9)12/h4,6,8H,5,7H2,1-3H3,(H2,12,13).